The van der Waals surface area contributed by atoms with E-state index in [2.05, 4.69) is 56.3 Å². The van der Waals surface area contributed by atoms with Crippen LogP contribution in [-0.4, -0.2) is 24.4 Å². The molecule has 0 spiro atoms. The SMILES string of the molecule is O=c1/c(=C/c2cn(-c3ccccc3)nc2-c2ccc3ccccc3c2)sc2nc(-c3ccc(Br)cc3)nn12. The van der Waals surface area contributed by atoms with Gasteiger partial charge < -0.3 is 0 Å². The highest BCUT2D eigenvalue weighted by Gasteiger charge is 2.15. The molecule has 0 atom stereocenters. The molecule has 3 heterocycles. The third kappa shape index (κ3) is 4.04. The standard InChI is InChI=1S/C30H18BrN5OS/c31-24-14-12-20(13-15-24)28-32-30-36(34-28)29(37)26(38-30)17-23-18-35(25-8-2-1-3-9-25)33-27(23)22-11-10-19-6-4-5-7-21(19)16-22/h1-18H/b26-17-. The van der Waals surface area contributed by atoms with Crippen LogP contribution >= 0.6 is 27.3 Å². The molecule has 0 unspecified atom stereocenters. The van der Waals surface area contributed by atoms with Crippen LogP contribution in [0.5, 0.6) is 0 Å². The number of hydrogen-bond acceptors (Lipinski definition) is 5. The van der Waals surface area contributed by atoms with Crippen LogP contribution in [0.2, 0.25) is 0 Å². The van der Waals surface area contributed by atoms with Crippen molar-refractivity contribution in [1.29, 1.82) is 0 Å². The van der Waals surface area contributed by atoms with Gasteiger partial charge in [-0.3, -0.25) is 4.79 Å². The number of thiazole rings is 1. The maximum Gasteiger partial charge on any atom is 0.291 e. The molecule has 0 bridgehead atoms. The first kappa shape index (κ1) is 22.8. The topological polar surface area (TPSA) is 65.1 Å². The lowest BCUT2D eigenvalue weighted by Crippen LogP contribution is -2.23. The molecule has 0 aliphatic heterocycles. The Morgan fingerprint density at radius 1 is 0.789 bits per heavy atom. The van der Waals surface area contributed by atoms with Gasteiger partial charge in [0.25, 0.3) is 5.56 Å². The van der Waals surface area contributed by atoms with Crippen LogP contribution in [0, 0.1) is 0 Å². The fourth-order valence-electron chi connectivity index (χ4n) is 4.46. The summed E-state index contributed by atoms with van der Waals surface area (Å²) in [6, 6.07) is 32.2. The van der Waals surface area contributed by atoms with Gasteiger partial charge >= 0.3 is 0 Å². The minimum Gasteiger partial charge on any atom is -0.266 e. The van der Waals surface area contributed by atoms with Gasteiger partial charge in [-0.1, -0.05) is 94.0 Å². The molecule has 0 saturated carbocycles. The predicted octanol–water partition coefficient (Wildman–Crippen LogP) is 6.13. The van der Waals surface area contributed by atoms with Crippen molar-refractivity contribution in [2.75, 3.05) is 0 Å². The first-order valence-corrected chi connectivity index (χ1v) is 13.5. The summed E-state index contributed by atoms with van der Waals surface area (Å²) in [6.45, 7) is 0. The van der Waals surface area contributed by atoms with Gasteiger partial charge in [0.05, 0.1) is 10.2 Å². The number of halogens is 1. The van der Waals surface area contributed by atoms with Gasteiger partial charge in [-0.2, -0.15) is 14.6 Å². The molecule has 7 aromatic rings. The number of aromatic nitrogens is 5. The van der Waals surface area contributed by atoms with Crippen LogP contribution in [0.3, 0.4) is 0 Å². The van der Waals surface area contributed by atoms with Crippen molar-refractivity contribution in [2.45, 2.75) is 0 Å². The molecule has 0 aliphatic carbocycles. The summed E-state index contributed by atoms with van der Waals surface area (Å²) in [6.07, 6.45) is 3.85. The van der Waals surface area contributed by atoms with E-state index >= 15 is 0 Å². The van der Waals surface area contributed by atoms with Crippen LogP contribution in [0.1, 0.15) is 5.56 Å². The van der Waals surface area contributed by atoms with Crippen LogP contribution < -0.4 is 10.1 Å². The molecule has 0 radical (unpaired) electrons. The summed E-state index contributed by atoms with van der Waals surface area (Å²) in [5, 5.41) is 11.7. The number of para-hydroxylation sites is 1. The summed E-state index contributed by atoms with van der Waals surface area (Å²) in [4.78, 5) is 18.5. The maximum absolute atomic E-state index is 13.3. The smallest absolute Gasteiger partial charge is 0.266 e. The summed E-state index contributed by atoms with van der Waals surface area (Å²) < 4.78 is 4.76. The van der Waals surface area contributed by atoms with Crippen molar-refractivity contribution in [3.8, 4) is 28.3 Å². The fraction of sp³-hybridized carbons (Fsp3) is 0. The minimum absolute atomic E-state index is 0.196. The molecule has 6 nitrogen and oxygen atoms in total. The Kier molecular flexibility index (Phi) is 5.49. The highest BCUT2D eigenvalue weighted by atomic mass is 79.9. The predicted molar refractivity (Wildman–Crippen MR) is 156 cm³/mol. The lowest BCUT2D eigenvalue weighted by Gasteiger charge is -2.03. The minimum atomic E-state index is -0.196. The molecule has 0 N–H and O–H groups in total. The van der Waals surface area contributed by atoms with E-state index in [0.717, 1.165) is 37.9 Å². The van der Waals surface area contributed by atoms with Crippen LogP contribution in [0.15, 0.2) is 113 Å². The molecule has 38 heavy (non-hydrogen) atoms. The molecule has 182 valence electrons. The van der Waals surface area contributed by atoms with E-state index in [4.69, 9.17) is 5.10 Å². The fourth-order valence-corrected chi connectivity index (χ4v) is 5.63. The van der Waals surface area contributed by atoms with Gasteiger partial charge in [0.1, 0.15) is 5.69 Å². The van der Waals surface area contributed by atoms with Gasteiger partial charge in [-0.25, -0.2) is 4.68 Å². The van der Waals surface area contributed by atoms with Crippen molar-refractivity contribution in [3.05, 3.63) is 128 Å². The summed E-state index contributed by atoms with van der Waals surface area (Å²) in [5.41, 5.74) is 4.23. The number of hydrogen-bond donors (Lipinski definition) is 0. The van der Waals surface area contributed by atoms with Gasteiger partial charge in [0.2, 0.25) is 4.96 Å². The monoisotopic (exact) mass is 575 g/mol. The third-order valence-corrected chi connectivity index (χ3v) is 7.84. The molecule has 4 aromatic carbocycles. The van der Waals surface area contributed by atoms with Crippen molar-refractivity contribution in [2.24, 2.45) is 0 Å². The zero-order valence-electron chi connectivity index (χ0n) is 19.8. The molecular formula is C30H18BrN5OS. The molecule has 0 amide bonds. The normalized spacial score (nSPS) is 12.1. The second-order valence-electron chi connectivity index (χ2n) is 8.83. The highest BCUT2D eigenvalue weighted by molar-refractivity contribution is 9.10. The second kappa shape index (κ2) is 9.16. The lowest BCUT2D eigenvalue weighted by atomic mass is 10.0. The molecular weight excluding hydrogens is 558 g/mol. The summed E-state index contributed by atoms with van der Waals surface area (Å²) >= 11 is 4.77. The average molecular weight is 576 g/mol. The first-order valence-electron chi connectivity index (χ1n) is 11.9. The molecule has 8 heteroatoms. The zero-order chi connectivity index (χ0) is 25.6. The van der Waals surface area contributed by atoms with Crippen molar-refractivity contribution < 1.29 is 0 Å². The number of fused-ring (bicyclic) bond motifs is 2. The van der Waals surface area contributed by atoms with Crippen LogP contribution in [0.4, 0.5) is 0 Å². The number of nitrogens with zero attached hydrogens (tertiary/aromatic N) is 5. The third-order valence-electron chi connectivity index (χ3n) is 6.36. The Balaban J connectivity index is 1.38. The Labute approximate surface area is 229 Å². The van der Waals surface area contributed by atoms with Gasteiger partial charge in [0, 0.05) is 27.4 Å². The van der Waals surface area contributed by atoms with E-state index in [-0.39, 0.29) is 5.56 Å². The Hall–Kier alpha value is -4.40. The van der Waals surface area contributed by atoms with E-state index in [9.17, 15) is 4.79 Å². The maximum atomic E-state index is 13.3. The zero-order valence-corrected chi connectivity index (χ0v) is 22.2. The Bertz CT molecular complexity index is 2060. The average Bonchev–Trinajstić information content (AvgIpc) is 3.64. The van der Waals surface area contributed by atoms with Crippen LogP contribution in [-0.2, 0) is 0 Å². The first-order chi connectivity index (χ1) is 18.6. The molecule has 0 saturated heterocycles. The van der Waals surface area contributed by atoms with E-state index in [1.165, 1.54) is 21.2 Å². The number of rotatable bonds is 4. The number of benzene rings is 4. The second-order valence-corrected chi connectivity index (χ2v) is 10.8. The van der Waals surface area contributed by atoms with Crippen molar-refractivity contribution in [3.63, 3.8) is 0 Å². The largest absolute Gasteiger partial charge is 0.291 e. The van der Waals surface area contributed by atoms with Crippen LogP contribution in [0.25, 0.3) is 50.1 Å². The summed E-state index contributed by atoms with van der Waals surface area (Å²) in [5.74, 6) is 0.529. The van der Waals surface area contributed by atoms with Gasteiger partial charge in [-0.05, 0) is 47.2 Å². The van der Waals surface area contributed by atoms with Crippen molar-refractivity contribution >= 4 is 49.1 Å². The quantitative estimate of drug-likeness (QED) is 0.253. The van der Waals surface area contributed by atoms with Gasteiger partial charge in [0.15, 0.2) is 5.82 Å². The van der Waals surface area contributed by atoms with Crippen molar-refractivity contribution in [1.82, 2.24) is 24.4 Å². The summed E-state index contributed by atoms with van der Waals surface area (Å²) in [7, 11) is 0. The molecule has 0 aliphatic rings. The lowest BCUT2D eigenvalue weighted by molar-refractivity contribution is 0.884. The molecule has 3 aromatic heterocycles. The molecule has 7 rings (SSSR count). The Morgan fingerprint density at radius 2 is 1.53 bits per heavy atom. The van der Waals surface area contributed by atoms with E-state index in [1.807, 2.05) is 83.7 Å². The highest BCUT2D eigenvalue weighted by Crippen LogP contribution is 2.28. The van der Waals surface area contributed by atoms with E-state index in [1.54, 1.807) is 0 Å². The van der Waals surface area contributed by atoms with E-state index in [0.29, 0.717) is 15.3 Å². The van der Waals surface area contributed by atoms with Gasteiger partial charge in [-0.15, -0.1) is 5.10 Å². The Morgan fingerprint density at radius 3 is 2.32 bits per heavy atom. The molecule has 0 fully saturated rings. The van der Waals surface area contributed by atoms with E-state index < -0.39 is 0 Å².